The van der Waals surface area contributed by atoms with Gasteiger partial charge in [-0.3, -0.25) is 4.79 Å². The minimum absolute atomic E-state index is 0.0536. The van der Waals surface area contributed by atoms with E-state index in [1.807, 2.05) is 54.8 Å². The maximum absolute atomic E-state index is 12.6. The van der Waals surface area contributed by atoms with Gasteiger partial charge in [0.25, 0.3) is 11.7 Å². The molecule has 0 unspecified atom stereocenters. The van der Waals surface area contributed by atoms with Crippen LogP contribution >= 0.6 is 27.7 Å². The summed E-state index contributed by atoms with van der Waals surface area (Å²) in [5.41, 5.74) is 3.97. The standard InChI is InChI=1S/C23H18BrF2N3OS/c1-14-11-16(15(2)29(14)20-7-3-18(24)4-8-20)12-17(13-27)22(30)28-19-5-9-21(10-6-19)31-23(25)26/h3-12,23H,1-2H3,(H,28,30)/b17-12-. The Morgan fingerprint density at radius 2 is 1.81 bits per heavy atom. The van der Waals surface area contributed by atoms with Gasteiger partial charge in [0.2, 0.25) is 0 Å². The molecule has 0 saturated heterocycles. The largest absolute Gasteiger partial charge is 0.321 e. The van der Waals surface area contributed by atoms with Crippen LogP contribution in [0.2, 0.25) is 0 Å². The normalized spacial score (nSPS) is 11.5. The number of amides is 1. The van der Waals surface area contributed by atoms with E-state index in [0.29, 0.717) is 22.3 Å². The summed E-state index contributed by atoms with van der Waals surface area (Å²) in [6, 6.07) is 17.7. The topological polar surface area (TPSA) is 57.8 Å². The lowest BCUT2D eigenvalue weighted by Crippen LogP contribution is -2.13. The number of halogens is 3. The Bertz CT molecular complexity index is 1160. The molecule has 4 nitrogen and oxygen atoms in total. The molecule has 8 heteroatoms. The second-order valence-electron chi connectivity index (χ2n) is 6.67. The van der Waals surface area contributed by atoms with Gasteiger partial charge in [0.05, 0.1) is 0 Å². The molecular weight excluding hydrogens is 484 g/mol. The van der Waals surface area contributed by atoms with Crippen molar-refractivity contribution in [2.24, 2.45) is 0 Å². The lowest BCUT2D eigenvalue weighted by molar-refractivity contribution is -0.112. The lowest BCUT2D eigenvalue weighted by Gasteiger charge is -2.10. The van der Waals surface area contributed by atoms with Crippen LogP contribution in [-0.4, -0.2) is 16.2 Å². The fourth-order valence-electron chi connectivity index (χ4n) is 3.14. The van der Waals surface area contributed by atoms with Crippen molar-refractivity contribution in [3.05, 3.63) is 81.6 Å². The van der Waals surface area contributed by atoms with Gasteiger partial charge < -0.3 is 9.88 Å². The Balaban J connectivity index is 1.83. The molecule has 1 aromatic heterocycles. The highest BCUT2D eigenvalue weighted by atomic mass is 79.9. The van der Waals surface area contributed by atoms with Gasteiger partial charge in [0.15, 0.2) is 0 Å². The minimum Gasteiger partial charge on any atom is -0.321 e. The summed E-state index contributed by atoms with van der Waals surface area (Å²) in [5.74, 6) is -3.07. The first-order chi connectivity index (χ1) is 14.8. The smallest absolute Gasteiger partial charge is 0.288 e. The van der Waals surface area contributed by atoms with Gasteiger partial charge in [-0.1, -0.05) is 27.7 Å². The molecule has 1 amide bonds. The summed E-state index contributed by atoms with van der Waals surface area (Å²) in [7, 11) is 0. The van der Waals surface area contributed by atoms with Crippen molar-refractivity contribution < 1.29 is 13.6 Å². The summed E-state index contributed by atoms with van der Waals surface area (Å²) >= 11 is 3.85. The molecule has 0 fully saturated rings. The average molecular weight is 502 g/mol. The highest BCUT2D eigenvalue weighted by molar-refractivity contribution is 9.10. The van der Waals surface area contributed by atoms with Crippen LogP contribution in [0.1, 0.15) is 17.0 Å². The van der Waals surface area contributed by atoms with Crippen LogP contribution in [-0.2, 0) is 4.79 Å². The molecule has 0 atom stereocenters. The van der Waals surface area contributed by atoms with Crippen molar-refractivity contribution >= 4 is 45.4 Å². The molecule has 158 valence electrons. The van der Waals surface area contributed by atoms with Crippen LogP contribution in [0.15, 0.2) is 69.5 Å². The number of rotatable bonds is 6. The molecule has 31 heavy (non-hydrogen) atoms. The van der Waals surface area contributed by atoms with Gasteiger partial charge in [0, 0.05) is 32.1 Å². The Kier molecular flexibility index (Phi) is 7.31. The maximum Gasteiger partial charge on any atom is 0.288 e. The van der Waals surface area contributed by atoms with Crippen molar-refractivity contribution in [3.8, 4) is 11.8 Å². The highest BCUT2D eigenvalue weighted by Gasteiger charge is 2.14. The van der Waals surface area contributed by atoms with Gasteiger partial charge in [-0.2, -0.15) is 14.0 Å². The van der Waals surface area contributed by atoms with Gasteiger partial charge >= 0.3 is 0 Å². The maximum atomic E-state index is 12.6. The third-order valence-corrected chi connectivity index (χ3v) is 5.81. The second-order valence-corrected chi connectivity index (χ2v) is 8.64. The summed E-state index contributed by atoms with van der Waals surface area (Å²) in [4.78, 5) is 13.0. The van der Waals surface area contributed by atoms with Crippen molar-refractivity contribution in [1.82, 2.24) is 4.57 Å². The number of carbonyl (C=O) groups excluding carboxylic acids is 1. The molecule has 0 aliphatic rings. The molecular formula is C23H18BrF2N3OS. The van der Waals surface area contributed by atoms with E-state index >= 15 is 0 Å². The number of hydrogen-bond donors (Lipinski definition) is 1. The SMILES string of the molecule is Cc1cc(/C=C(/C#N)C(=O)Nc2ccc(SC(F)F)cc2)c(C)n1-c1ccc(Br)cc1. The molecule has 0 aliphatic heterocycles. The van der Waals surface area contributed by atoms with E-state index in [1.54, 1.807) is 6.08 Å². The molecule has 0 radical (unpaired) electrons. The number of anilines is 1. The number of carbonyl (C=O) groups is 1. The first-order valence-corrected chi connectivity index (χ1v) is 10.9. The van der Waals surface area contributed by atoms with E-state index < -0.39 is 11.7 Å². The highest BCUT2D eigenvalue weighted by Crippen LogP contribution is 2.27. The van der Waals surface area contributed by atoms with Crippen LogP contribution in [0.3, 0.4) is 0 Å². The van der Waals surface area contributed by atoms with E-state index in [1.165, 1.54) is 24.3 Å². The zero-order valence-corrected chi connectivity index (χ0v) is 19.1. The Hall–Kier alpha value is -2.89. The Morgan fingerprint density at radius 1 is 1.16 bits per heavy atom. The summed E-state index contributed by atoms with van der Waals surface area (Å²) in [5, 5.41) is 12.1. The number of thioether (sulfide) groups is 1. The van der Waals surface area contributed by atoms with Crippen LogP contribution in [0.4, 0.5) is 14.5 Å². The molecule has 0 aliphatic carbocycles. The zero-order chi connectivity index (χ0) is 22.5. The van der Waals surface area contributed by atoms with Crippen LogP contribution in [0, 0.1) is 25.2 Å². The van der Waals surface area contributed by atoms with Crippen LogP contribution in [0.5, 0.6) is 0 Å². The van der Waals surface area contributed by atoms with E-state index in [2.05, 4.69) is 21.2 Å². The number of nitriles is 1. The Labute approximate surface area is 191 Å². The molecule has 3 aromatic rings. The number of alkyl halides is 2. The molecule has 0 saturated carbocycles. The van der Waals surface area contributed by atoms with Crippen LogP contribution < -0.4 is 5.32 Å². The van der Waals surface area contributed by atoms with E-state index in [9.17, 15) is 18.8 Å². The van der Waals surface area contributed by atoms with Crippen molar-refractivity contribution in [2.75, 3.05) is 5.32 Å². The Morgan fingerprint density at radius 3 is 2.39 bits per heavy atom. The quantitative estimate of drug-likeness (QED) is 0.231. The summed E-state index contributed by atoms with van der Waals surface area (Å²) in [6.45, 7) is 3.88. The minimum atomic E-state index is -2.51. The number of nitrogens with one attached hydrogen (secondary N) is 1. The first kappa shape index (κ1) is 22.8. The van der Waals surface area contributed by atoms with Crippen LogP contribution in [0.25, 0.3) is 11.8 Å². The molecule has 1 N–H and O–H groups in total. The number of aryl methyl sites for hydroxylation is 1. The predicted molar refractivity (Wildman–Crippen MR) is 123 cm³/mol. The summed E-state index contributed by atoms with van der Waals surface area (Å²) in [6.07, 6.45) is 1.55. The van der Waals surface area contributed by atoms with Gasteiger partial charge in [-0.05, 0) is 80.1 Å². The number of aromatic nitrogens is 1. The molecule has 3 rings (SSSR count). The van der Waals surface area contributed by atoms with E-state index in [4.69, 9.17) is 0 Å². The third-order valence-electron chi connectivity index (χ3n) is 4.56. The zero-order valence-electron chi connectivity index (χ0n) is 16.7. The molecule has 0 spiro atoms. The van der Waals surface area contributed by atoms with Gasteiger partial charge in [-0.15, -0.1) is 0 Å². The van der Waals surface area contributed by atoms with Crippen molar-refractivity contribution in [3.63, 3.8) is 0 Å². The monoisotopic (exact) mass is 501 g/mol. The van der Waals surface area contributed by atoms with E-state index in [-0.39, 0.29) is 5.57 Å². The third kappa shape index (κ3) is 5.63. The number of hydrogen-bond acceptors (Lipinski definition) is 3. The van der Waals surface area contributed by atoms with Gasteiger partial charge in [-0.25, -0.2) is 0 Å². The fraction of sp³-hybridized carbons (Fsp3) is 0.130. The summed E-state index contributed by atoms with van der Waals surface area (Å²) < 4.78 is 27.9. The number of nitrogens with zero attached hydrogens (tertiary/aromatic N) is 2. The average Bonchev–Trinajstić information content (AvgIpc) is 3.01. The number of benzene rings is 2. The van der Waals surface area contributed by atoms with Gasteiger partial charge in [0.1, 0.15) is 11.6 Å². The lowest BCUT2D eigenvalue weighted by atomic mass is 10.1. The molecule has 1 heterocycles. The first-order valence-electron chi connectivity index (χ1n) is 9.21. The second kappa shape index (κ2) is 9.94. The van der Waals surface area contributed by atoms with E-state index in [0.717, 1.165) is 27.1 Å². The predicted octanol–water partition coefficient (Wildman–Crippen LogP) is 6.72. The molecule has 0 bridgehead atoms. The molecule has 2 aromatic carbocycles. The van der Waals surface area contributed by atoms with Crippen molar-refractivity contribution in [2.45, 2.75) is 24.5 Å². The fourth-order valence-corrected chi connectivity index (χ4v) is 3.91. The van der Waals surface area contributed by atoms with Crippen molar-refractivity contribution in [1.29, 1.82) is 5.26 Å².